The van der Waals surface area contributed by atoms with Crippen molar-refractivity contribution in [3.05, 3.63) is 118 Å². The average molecular weight is 1100 g/mol. The second-order valence-electron chi connectivity index (χ2n) is 21.7. The van der Waals surface area contributed by atoms with Gasteiger partial charge in [0.2, 0.25) is 11.8 Å². The van der Waals surface area contributed by atoms with E-state index in [9.17, 15) is 29.3 Å². The van der Waals surface area contributed by atoms with E-state index in [1.165, 1.54) is 129 Å². The number of anilines is 2. The van der Waals surface area contributed by atoms with Crippen molar-refractivity contribution in [2.45, 2.75) is 116 Å². The number of piperazine rings is 2. The lowest BCUT2D eigenvalue weighted by molar-refractivity contribution is -0.384. The number of rotatable bonds is 14. The lowest BCUT2D eigenvalue weighted by Crippen LogP contribution is -2.49. The van der Waals surface area contributed by atoms with Gasteiger partial charge in [-0.2, -0.15) is 9.36 Å². The minimum Gasteiger partial charge on any atom is -0.490 e. The number of ether oxygens (including phenoxy) is 3. The number of amides is 3. The third-order valence-electron chi connectivity index (χ3n) is 15.2. The van der Waals surface area contributed by atoms with Gasteiger partial charge in [0.15, 0.2) is 11.6 Å². The van der Waals surface area contributed by atoms with Crippen molar-refractivity contribution in [3.63, 3.8) is 0 Å². The molecule has 6 heterocycles. The van der Waals surface area contributed by atoms with Crippen molar-refractivity contribution in [1.29, 1.82) is 0 Å². The van der Waals surface area contributed by atoms with Gasteiger partial charge in [-0.25, -0.2) is 9.59 Å². The summed E-state index contributed by atoms with van der Waals surface area (Å²) in [5, 5.41) is 26.9. The van der Waals surface area contributed by atoms with Crippen molar-refractivity contribution in [2.75, 3.05) is 89.2 Å². The van der Waals surface area contributed by atoms with Gasteiger partial charge in [-0.3, -0.25) is 29.5 Å². The third kappa shape index (κ3) is 16.9. The van der Waals surface area contributed by atoms with E-state index in [-0.39, 0.29) is 41.2 Å². The van der Waals surface area contributed by atoms with E-state index in [0.29, 0.717) is 25.0 Å². The molecule has 80 heavy (non-hydrogen) atoms. The summed E-state index contributed by atoms with van der Waals surface area (Å²) in [6.45, 7) is 20.9. The molecule has 3 amide bonds. The zero-order chi connectivity index (χ0) is 56.1. The van der Waals surface area contributed by atoms with Crippen molar-refractivity contribution in [3.8, 4) is 17.2 Å². The summed E-state index contributed by atoms with van der Waals surface area (Å²) in [6, 6.07) is 22.9. The first-order chi connectivity index (χ1) is 38.7. The lowest BCUT2D eigenvalue weighted by Gasteiger charge is -2.35. The zero-order valence-electron chi connectivity index (χ0n) is 46.6. The van der Waals surface area contributed by atoms with Gasteiger partial charge in [0, 0.05) is 165 Å². The van der Waals surface area contributed by atoms with Crippen LogP contribution in [0.3, 0.4) is 0 Å². The smallest absolute Gasteiger partial charge is 0.440 e. The van der Waals surface area contributed by atoms with Crippen molar-refractivity contribution < 1.29 is 38.3 Å². The highest BCUT2D eigenvalue weighted by Gasteiger charge is 2.34. The molecule has 3 aromatic carbocycles. The van der Waals surface area contributed by atoms with Crippen LogP contribution in [0.15, 0.2) is 85.2 Å². The largest absolute Gasteiger partial charge is 0.490 e. The first-order valence-electron chi connectivity index (χ1n) is 28.3. The van der Waals surface area contributed by atoms with Crippen LogP contribution in [0.25, 0.3) is 0 Å². The number of likely N-dealkylation sites (tertiary alicyclic amines) is 2. The Bertz CT molecular complexity index is 2890. The van der Waals surface area contributed by atoms with Crippen molar-refractivity contribution in [1.82, 2.24) is 49.4 Å². The number of nitro benzene ring substituents is 1. The molecule has 4 aliphatic heterocycles. The first kappa shape index (κ1) is 57.4. The first-order valence-corrected chi connectivity index (χ1v) is 28.3. The lowest BCUT2D eigenvalue weighted by atomic mass is 10.1. The maximum absolute atomic E-state index is 12.8. The monoisotopic (exact) mass is 1100 g/mol. The summed E-state index contributed by atoms with van der Waals surface area (Å²) in [6.07, 6.45) is 12.9. The number of hydrogen-bond acceptors (Lipinski definition) is 16. The molecule has 4 saturated heterocycles. The summed E-state index contributed by atoms with van der Waals surface area (Å²) in [4.78, 5) is 68.6. The van der Waals surface area contributed by atoms with Crippen LogP contribution in [0, 0.1) is 24.0 Å². The van der Waals surface area contributed by atoms with Crippen LogP contribution in [0.5, 0.6) is 17.2 Å². The van der Waals surface area contributed by atoms with Crippen LogP contribution in [-0.2, 0) is 22.7 Å². The number of piperidine rings is 2. The summed E-state index contributed by atoms with van der Waals surface area (Å²) >= 11 is 0. The Labute approximate surface area is 467 Å². The fourth-order valence-corrected chi connectivity index (χ4v) is 10.5. The molecule has 11 rings (SSSR count). The van der Waals surface area contributed by atoms with E-state index >= 15 is 0 Å². The molecule has 2 aromatic heterocycles. The number of benzene rings is 3. The number of nitrogens with zero attached hydrogens (tertiary/aromatic N) is 10. The molecule has 0 atom stereocenters. The van der Waals surface area contributed by atoms with E-state index < -0.39 is 11.0 Å². The van der Waals surface area contributed by atoms with Crippen LogP contribution in [0.4, 0.5) is 26.9 Å². The van der Waals surface area contributed by atoms with Gasteiger partial charge in [0.05, 0.1) is 4.92 Å². The minimum atomic E-state index is -0.805. The van der Waals surface area contributed by atoms with E-state index in [2.05, 4.69) is 96.0 Å². The van der Waals surface area contributed by atoms with Gasteiger partial charge in [0.25, 0.3) is 5.69 Å². The molecule has 22 heteroatoms. The third-order valence-corrected chi connectivity index (χ3v) is 15.2. The van der Waals surface area contributed by atoms with Crippen LogP contribution in [0.2, 0.25) is 0 Å². The van der Waals surface area contributed by atoms with E-state index in [0.717, 1.165) is 107 Å². The van der Waals surface area contributed by atoms with Gasteiger partial charge in [-0.05, 0) is 101 Å². The van der Waals surface area contributed by atoms with Crippen LogP contribution in [-0.4, -0.2) is 176 Å². The fraction of sp³-hybridized carbons (Fsp3) is 0.517. The van der Waals surface area contributed by atoms with Crippen LogP contribution in [0.1, 0.15) is 87.5 Å². The van der Waals surface area contributed by atoms with Crippen molar-refractivity contribution in [2.24, 2.45) is 0 Å². The molecular weight excluding hydrogens is 1020 g/mol. The van der Waals surface area contributed by atoms with Gasteiger partial charge >= 0.3 is 12.1 Å². The van der Waals surface area contributed by atoms with Crippen molar-refractivity contribution >= 4 is 41.3 Å². The highest BCUT2D eigenvalue weighted by Crippen LogP contribution is 2.33. The Kier molecular flexibility index (Phi) is 19.6. The molecule has 5 aromatic rings. The molecular formula is C58H77N13O9. The SMILES string of the molecule is CC(=O)Nc1ccn(C(=O)N2CCN(Cc3ccc(C)cc3OC3CCN(C4CC4)CC3)CC2)n1.CC(=O)Nc1ccn(C(=O)Oc2ccc([N+](=O)[O-])cc2)n1.Cc1ccc(CN2CCNCC2)c(OC2CCN(C3CC3)CC2)c1. The van der Waals surface area contributed by atoms with Crippen LogP contribution >= 0.6 is 0 Å². The Morgan fingerprint density at radius 3 is 1.52 bits per heavy atom. The highest BCUT2D eigenvalue weighted by molar-refractivity contribution is 5.88. The van der Waals surface area contributed by atoms with Gasteiger partial charge in [-0.1, -0.05) is 24.3 Å². The average Bonchev–Trinajstić information content (AvgIpc) is 4.39. The molecule has 6 fully saturated rings. The fourth-order valence-electron chi connectivity index (χ4n) is 10.5. The maximum atomic E-state index is 12.8. The Hall–Kier alpha value is -7.24. The molecule has 2 saturated carbocycles. The predicted molar refractivity (Wildman–Crippen MR) is 302 cm³/mol. The van der Waals surface area contributed by atoms with Crippen LogP contribution < -0.4 is 30.2 Å². The number of nitrogens with one attached hydrogen (secondary N) is 3. The Morgan fingerprint density at radius 1 is 0.600 bits per heavy atom. The van der Waals surface area contributed by atoms with Gasteiger partial charge in [0.1, 0.15) is 29.5 Å². The molecule has 0 unspecified atom stereocenters. The number of carbonyl (C=O) groups excluding carboxylic acids is 4. The Morgan fingerprint density at radius 2 is 1.06 bits per heavy atom. The number of non-ortho nitro benzene ring substituents is 1. The van der Waals surface area contributed by atoms with Gasteiger partial charge < -0.3 is 44.9 Å². The Balaban J connectivity index is 0.000000152. The summed E-state index contributed by atoms with van der Waals surface area (Å²) in [5.41, 5.74) is 4.97. The molecule has 0 bridgehead atoms. The molecule has 6 aliphatic rings. The topological polar surface area (TPSA) is 227 Å². The molecule has 0 spiro atoms. The molecule has 3 N–H and O–H groups in total. The van der Waals surface area contributed by atoms with E-state index in [4.69, 9.17) is 14.2 Å². The van der Waals surface area contributed by atoms with E-state index in [1.54, 1.807) is 17.2 Å². The number of carbonyl (C=O) groups is 4. The molecule has 0 radical (unpaired) electrons. The molecule has 428 valence electrons. The predicted octanol–water partition coefficient (Wildman–Crippen LogP) is 7.14. The zero-order valence-corrected chi connectivity index (χ0v) is 46.6. The number of aryl methyl sites for hydroxylation is 2. The summed E-state index contributed by atoms with van der Waals surface area (Å²) in [5.74, 6) is 2.34. The van der Waals surface area contributed by atoms with Gasteiger partial charge in [-0.15, -0.1) is 10.2 Å². The quantitative estimate of drug-likeness (QED) is 0.0742. The minimum absolute atomic E-state index is 0.109. The summed E-state index contributed by atoms with van der Waals surface area (Å²) < 4.78 is 20.2. The molecule has 2 aliphatic carbocycles. The molecule has 22 nitrogen and oxygen atoms in total. The normalized spacial score (nSPS) is 18.7. The standard InChI is InChI=1S/C26H36N6O3.C20H31N3O.C12H10N4O5/c1-19-3-4-21(24(17-19)35-23-7-10-30(11-8-23)22-5-6-22)18-29-13-15-31(16-14-29)26(34)32-12-9-25(28-32)27-20(2)33;1-16-2-3-17(15-22-12-8-21-9-13-22)20(14-16)24-19-6-10-23(11-7-19)18-4-5-18;1-8(17)13-11-6-7-15(14-11)12(18)21-10-4-2-9(3-5-10)16(19)20/h3-4,9,12,17,22-23H,5-8,10-11,13-16,18H2,1-2H3,(H,27,28,33);2-3,14,18-19,21H,4-13,15H2,1H3;2-7H,1H3,(H,13,14,17). The summed E-state index contributed by atoms with van der Waals surface area (Å²) in [7, 11) is 0. The number of aromatic nitrogens is 4. The highest BCUT2D eigenvalue weighted by atomic mass is 16.6. The number of hydrogen-bond donors (Lipinski definition) is 3. The number of nitro groups is 1. The van der Waals surface area contributed by atoms with E-state index in [1.807, 2.05) is 0 Å². The second kappa shape index (κ2) is 27.3. The second-order valence-corrected chi connectivity index (χ2v) is 21.7. The maximum Gasteiger partial charge on any atom is 0.440 e.